The minimum atomic E-state index is -0.527. The van der Waals surface area contributed by atoms with Crippen LogP contribution in [0.1, 0.15) is 22.8 Å². The van der Waals surface area contributed by atoms with Gasteiger partial charge in [0.15, 0.2) is 0 Å². The molecule has 3 N–H and O–H groups in total. The Bertz CT molecular complexity index is 1050. The number of rotatable bonds is 6. The molecule has 1 fully saturated rings. The lowest BCUT2D eigenvalue weighted by molar-refractivity contribution is -0.121. The Morgan fingerprint density at radius 2 is 1.80 bits per heavy atom. The van der Waals surface area contributed by atoms with E-state index < -0.39 is 5.91 Å². The third-order valence-corrected chi connectivity index (χ3v) is 6.61. The number of nitrogens with zero attached hydrogens (tertiary/aromatic N) is 2. The molecule has 1 atom stereocenters. The van der Waals surface area contributed by atoms with Crippen molar-refractivity contribution in [2.45, 2.75) is 19.5 Å². The summed E-state index contributed by atoms with van der Waals surface area (Å²) in [7, 11) is 0. The highest BCUT2D eigenvalue weighted by Gasteiger charge is 2.26. The van der Waals surface area contributed by atoms with E-state index in [-0.39, 0.29) is 11.9 Å². The number of nitrogens with one attached hydrogen (secondary N) is 1. The van der Waals surface area contributed by atoms with Crippen LogP contribution in [-0.2, 0) is 11.3 Å². The van der Waals surface area contributed by atoms with E-state index >= 15 is 0 Å². The maximum atomic E-state index is 12.7. The van der Waals surface area contributed by atoms with E-state index in [1.165, 1.54) is 27.7 Å². The van der Waals surface area contributed by atoms with Crippen molar-refractivity contribution < 1.29 is 9.59 Å². The number of anilines is 1. The first kappa shape index (κ1) is 20.5. The molecule has 156 valence electrons. The first-order valence-corrected chi connectivity index (χ1v) is 11.0. The molecule has 4 rings (SSSR count). The molecule has 1 saturated heterocycles. The summed E-state index contributed by atoms with van der Waals surface area (Å²) in [6.07, 6.45) is 0. The van der Waals surface area contributed by atoms with Crippen molar-refractivity contribution >= 4 is 38.9 Å². The Kier molecular flexibility index (Phi) is 6.13. The minimum absolute atomic E-state index is 0.109. The summed E-state index contributed by atoms with van der Waals surface area (Å²) < 4.78 is 0. The second kappa shape index (κ2) is 8.95. The van der Waals surface area contributed by atoms with Crippen molar-refractivity contribution in [3.63, 3.8) is 0 Å². The zero-order valence-corrected chi connectivity index (χ0v) is 17.8. The number of benzene rings is 2. The lowest BCUT2D eigenvalue weighted by Gasteiger charge is -2.37. The number of carbonyl (C=O) groups excluding carboxylic acids is 2. The fourth-order valence-electron chi connectivity index (χ4n) is 3.96. The monoisotopic (exact) mass is 422 g/mol. The van der Waals surface area contributed by atoms with Gasteiger partial charge >= 0.3 is 0 Å². The van der Waals surface area contributed by atoms with Gasteiger partial charge in [0.25, 0.3) is 5.91 Å². The first-order valence-electron chi connectivity index (χ1n) is 10.1. The standard InChI is InChI=1S/C23H26N4O2S/c1-16(22(29)25-23-20(21(24)28)9-14-30-23)27-12-10-26(11-13-27)15-18-7-4-6-17-5-2-3-8-19(17)18/h2-9,14,16H,10-13,15H2,1H3,(H2,24,28)(H,25,29)/t16-/m1/s1. The van der Waals surface area contributed by atoms with E-state index in [1.54, 1.807) is 11.4 Å². The molecule has 0 radical (unpaired) electrons. The molecule has 2 heterocycles. The van der Waals surface area contributed by atoms with Gasteiger partial charge < -0.3 is 11.1 Å². The normalized spacial score (nSPS) is 16.4. The van der Waals surface area contributed by atoms with Crippen LogP contribution in [0.25, 0.3) is 10.8 Å². The number of amides is 2. The molecule has 30 heavy (non-hydrogen) atoms. The molecular formula is C23H26N4O2S. The number of fused-ring (bicyclic) bond motifs is 1. The van der Waals surface area contributed by atoms with Crippen molar-refractivity contribution in [3.8, 4) is 0 Å². The summed E-state index contributed by atoms with van der Waals surface area (Å²) in [5.41, 5.74) is 7.07. The predicted octanol–water partition coefficient (Wildman–Crippen LogP) is 3.15. The molecule has 2 aromatic carbocycles. The van der Waals surface area contributed by atoms with Crippen LogP contribution in [0, 0.1) is 0 Å². The molecule has 3 aromatic rings. The number of carbonyl (C=O) groups is 2. The first-order chi connectivity index (χ1) is 14.5. The molecule has 1 aliphatic rings. The van der Waals surface area contributed by atoms with Gasteiger partial charge in [-0.05, 0) is 34.7 Å². The average Bonchev–Trinajstić information content (AvgIpc) is 3.22. The zero-order valence-electron chi connectivity index (χ0n) is 17.0. The lowest BCUT2D eigenvalue weighted by Crippen LogP contribution is -2.52. The number of piperazine rings is 1. The second-order valence-corrected chi connectivity index (χ2v) is 8.56. The van der Waals surface area contributed by atoms with Crippen molar-refractivity contribution in [3.05, 3.63) is 65.0 Å². The van der Waals surface area contributed by atoms with Crippen LogP contribution in [0.3, 0.4) is 0 Å². The molecular weight excluding hydrogens is 396 g/mol. The largest absolute Gasteiger partial charge is 0.366 e. The van der Waals surface area contributed by atoms with Crippen molar-refractivity contribution in [1.29, 1.82) is 0 Å². The molecule has 0 saturated carbocycles. The molecule has 1 aromatic heterocycles. The van der Waals surface area contributed by atoms with Gasteiger partial charge in [-0.1, -0.05) is 42.5 Å². The fourth-order valence-corrected chi connectivity index (χ4v) is 4.76. The number of hydrogen-bond acceptors (Lipinski definition) is 5. The van der Waals surface area contributed by atoms with Gasteiger partial charge in [0.1, 0.15) is 5.00 Å². The van der Waals surface area contributed by atoms with Crippen LogP contribution in [0.15, 0.2) is 53.9 Å². The van der Waals surface area contributed by atoms with Gasteiger partial charge in [0.2, 0.25) is 5.91 Å². The summed E-state index contributed by atoms with van der Waals surface area (Å²) in [4.78, 5) is 28.8. The summed E-state index contributed by atoms with van der Waals surface area (Å²) in [5, 5.41) is 7.71. The van der Waals surface area contributed by atoms with Crippen LogP contribution in [-0.4, -0.2) is 53.8 Å². The van der Waals surface area contributed by atoms with E-state index in [2.05, 4.69) is 57.6 Å². The van der Waals surface area contributed by atoms with E-state index in [9.17, 15) is 9.59 Å². The third kappa shape index (κ3) is 4.38. The number of primary amides is 1. The molecule has 0 aliphatic carbocycles. The third-order valence-electron chi connectivity index (χ3n) is 5.78. The van der Waals surface area contributed by atoms with Gasteiger partial charge in [-0.15, -0.1) is 11.3 Å². The van der Waals surface area contributed by atoms with E-state index in [0.717, 1.165) is 32.7 Å². The average molecular weight is 423 g/mol. The maximum absolute atomic E-state index is 12.7. The van der Waals surface area contributed by atoms with Crippen LogP contribution in [0.4, 0.5) is 5.00 Å². The lowest BCUT2D eigenvalue weighted by atomic mass is 10.0. The fraction of sp³-hybridized carbons (Fsp3) is 0.304. The smallest absolute Gasteiger partial charge is 0.251 e. The van der Waals surface area contributed by atoms with Gasteiger partial charge in [-0.2, -0.15) is 0 Å². The summed E-state index contributed by atoms with van der Waals surface area (Å²) in [6, 6.07) is 16.3. The van der Waals surface area contributed by atoms with Gasteiger partial charge in [0, 0.05) is 32.7 Å². The Morgan fingerprint density at radius 3 is 2.57 bits per heavy atom. The summed E-state index contributed by atoms with van der Waals surface area (Å²) in [6.45, 7) is 6.29. The summed E-state index contributed by atoms with van der Waals surface area (Å²) in [5.74, 6) is -0.635. The predicted molar refractivity (Wildman–Crippen MR) is 122 cm³/mol. The van der Waals surface area contributed by atoms with E-state index in [4.69, 9.17) is 5.73 Å². The zero-order chi connectivity index (χ0) is 21.1. The quantitative estimate of drug-likeness (QED) is 0.640. The van der Waals surface area contributed by atoms with Crippen LogP contribution in [0.2, 0.25) is 0 Å². The summed E-state index contributed by atoms with van der Waals surface area (Å²) >= 11 is 1.31. The van der Waals surface area contributed by atoms with Crippen LogP contribution >= 0.6 is 11.3 Å². The highest BCUT2D eigenvalue weighted by Crippen LogP contribution is 2.24. The molecule has 0 bridgehead atoms. The Morgan fingerprint density at radius 1 is 1.07 bits per heavy atom. The Hall–Kier alpha value is -2.74. The number of nitrogens with two attached hydrogens (primary N) is 1. The second-order valence-electron chi connectivity index (χ2n) is 7.64. The van der Waals surface area contributed by atoms with Crippen LogP contribution < -0.4 is 11.1 Å². The molecule has 2 amide bonds. The van der Waals surface area contributed by atoms with Crippen molar-refractivity contribution in [2.24, 2.45) is 5.73 Å². The molecule has 6 nitrogen and oxygen atoms in total. The number of hydrogen-bond donors (Lipinski definition) is 2. The van der Waals surface area contributed by atoms with Gasteiger partial charge in [-0.25, -0.2) is 0 Å². The molecule has 0 spiro atoms. The molecule has 7 heteroatoms. The SMILES string of the molecule is C[C@H](C(=O)Nc1sccc1C(N)=O)N1CCN(Cc2cccc3ccccc23)CC1. The maximum Gasteiger partial charge on any atom is 0.251 e. The number of thiophene rings is 1. The van der Waals surface area contributed by atoms with Crippen molar-refractivity contribution in [1.82, 2.24) is 9.80 Å². The Labute approximate surface area is 180 Å². The van der Waals surface area contributed by atoms with Crippen LogP contribution in [0.5, 0.6) is 0 Å². The molecule has 1 aliphatic heterocycles. The van der Waals surface area contributed by atoms with E-state index in [1.807, 2.05) is 6.92 Å². The highest BCUT2D eigenvalue weighted by molar-refractivity contribution is 7.14. The molecule has 0 unspecified atom stereocenters. The highest BCUT2D eigenvalue weighted by atomic mass is 32.1. The minimum Gasteiger partial charge on any atom is -0.366 e. The van der Waals surface area contributed by atoms with Crippen molar-refractivity contribution in [2.75, 3.05) is 31.5 Å². The van der Waals surface area contributed by atoms with Gasteiger partial charge in [0.05, 0.1) is 11.6 Å². The van der Waals surface area contributed by atoms with Gasteiger partial charge in [-0.3, -0.25) is 19.4 Å². The Balaban J connectivity index is 1.34. The topological polar surface area (TPSA) is 78.7 Å². The van der Waals surface area contributed by atoms with E-state index in [0.29, 0.717) is 10.6 Å².